The third-order valence-electron chi connectivity index (χ3n) is 7.40. The summed E-state index contributed by atoms with van der Waals surface area (Å²) in [5, 5.41) is 0. The van der Waals surface area contributed by atoms with Crippen LogP contribution in [0.4, 0.5) is 11.4 Å². The second-order valence-electron chi connectivity index (χ2n) is 9.89. The Kier molecular flexibility index (Phi) is 6.51. The maximum atomic E-state index is 13.0. The highest BCUT2D eigenvalue weighted by molar-refractivity contribution is 6.22. The predicted octanol–water partition coefficient (Wildman–Crippen LogP) is 3.97. The molecule has 3 aliphatic rings. The van der Waals surface area contributed by atoms with Crippen molar-refractivity contribution in [1.29, 1.82) is 0 Å². The van der Waals surface area contributed by atoms with Crippen LogP contribution in [0.5, 0.6) is 11.5 Å². The maximum Gasteiger partial charge on any atom is 0.316 e. The van der Waals surface area contributed by atoms with E-state index < -0.39 is 11.9 Å². The van der Waals surface area contributed by atoms with Crippen LogP contribution in [0, 0.1) is 23.7 Å². The summed E-state index contributed by atoms with van der Waals surface area (Å²) in [6, 6.07) is 13.7. The molecule has 2 aliphatic heterocycles. The van der Waals surface area contributed by atoms with Gasteiger partial charge in [-0.2, -0.15) is 0 Å². The molecule has 0 spiro atoms. The van der Waals surface area contributed by atoms with Gasteiger partial charge in [-0.15, -0.1) is 0 Å². The third kappa shape index (κ3) is 4.47. The topological polar surface area (TPSA) is 93.2 Å². The molecule has 2 aromatic rings. The van der Waals surface area contributed by atoms with E-state index in [-0.39, 0.29) is 48.3 Å². The van der Waals surface area contributed by atoms with Crippen LogP contribution in [-0.4, -0.2) is 36.8 Å². The molecule has 2 heterocycles. The van der Waals surface area contributed by atoms with Crippen molar-refractivity contribution in [3.8, 4) is 11.5 Å². The molecule has 36 heavy (non-hydrogen) atoms. The Bertz CT molecular complexity index is 1190. The Morgan fingerprint density at radius 1 is 0.944 bits per heavy atom. The van der Waals surface area contributed by atoms with E-state index in [4.69, 9.17) is 9.47 Å². The van der Waals surface area contributed by atoms with Gasteiger partial charge < -0.3 is 14.4 Å². The molecule has 0 aromatic heterocycles. The molecule has 0 radical (unpaired) electrons. The minimum atomic E-state index is -0.618. The molecule has 4 atom stereocenters. The van der Waals surface area contributed by atoms with Crippen LogP contribution < -0.4 is 19.3 Å². The van der Waals surface area contributed by atoms with Gasteiger partial charge in [0.1, 0.15) is 11.5 Å². The van der Waals surface area contributed by atoms with Crippen molar-refractivity contribution in [2.45, 2.75) is 39.5 Å². The number of hydrogen-bond donors (Lipinski definition) is 0. The van der Waals surface area contributed by atoms with E-state index in [1.165, 1.54) is 4.90 Å². The molecular weight excluding hydrogens is 460 g/mol. The lowest BCUT2D eigenvalue weighted by molar-refractivity contribution is -0.139. The quantitative estimate of drug-likeness (QED) is 0.346. The van der Waals surface area contributed by atoms with E-state index in [0.717, 1.165) is 19.3 Å². The number of esters is 1. The summed E-state index contributed by atoms with van der Waals surface area (Å²) in [5.41, 5.74) is 1.11. The van der Waals surface area contributed by atoms with Crippen molar-refractivity contribution in [3.63, 3.8) is 0 Å². The molecule has 8 nitrogen and oxygen atoms in total. The van der Waals surface area contributed by atoms with Gasteiger partial charge in [0.25, 0.3) is 0 Å². The number of amides is 3. The van der Waals surface area contributed by atoms with E-state index in [1.807, 2.05) is 6.92 Å². The molecule has 0 bridgehead atoms. The van der Waals surface area contributed by atoms with Gasteiger partial charge in [-0.1, -0.05) is 13.0 Å². The second kappa shape index (κ2) is 9.76. The Morgan fingerprint density at radius 2 is 1.69 bits per heavy atom. The van der Waals surface area contributed by atoms with Crippen molar-refractivity contribution < 1.29 is 28.7 Å². The zero-order valence-corrected chi connectivity index (χ0v) is 20.5. The Balaban J connectivity index is 1.26. The van der Waals surface area contributed by atoms with Gasteiger partial charge >= 0.3 is 5.97 Å². The fourth-order valence-electron chi connectivity index (χ4n) is 5.53. The molecule has 8 heteroatoms. The van der Waals surface area contributed by atoms with Crippen LogP contribution in [0.1, 0.15) is 39.5 Å². The first-order chi connectivity index (χ1) is 17.4. The maximum absolute atomic E-state index is 13.0. The molecule has 1 saturated carbocycles. The lowest BCUT2D eigenvalue weighted by Crippen LogP contribution is -2.31. The molecule has 188 valence electrons. The number of rotatable bonds is 6. The zero-order valence-electron chi connectivity index (χ0n) is 20.5. The highest BCUT2D eigenvalue weighted by Crippen LogP contribution is 2.42. The first-order valence-corrected chi connectivity index (χ1v) is 12.6. The van der Waals surface area contributed by atoms with Crippen molar-refractivity contribution in [1.82, 2.24) is 0 Å². The number of carbonyl (C=O) groups excluding carboxylic acids is 4. The summed E-state index contributed by atoms with van der Waals surface area (Å²) in [4.78, 5) is 54.4. The minimum Gasteiger partial charge on any atom is -0.494 e. The average molecular weight is 491 g/mol. The summed E-state index contributed by atoms with van der Waals surface area (Å²) in [6.07, 6.45) is 2.44. The summed E-state index contributed by atoms with van der Waals surface area (Å²) < 4.78 is 11.0. The highest BCUT2D eigenvalue weighted by Gasteiger charge is 2.50. The summed E-state index contributed by atoms with van der Waals surface area (Å²) in [7, 11) is 0. The molecule has 0 N–H and O–H groups in total. The van der Waals surface area contributed by atoms with E-state index in [2.05, 4.69) is 6.92 Å². The van der Waals surface area contributed by atoms with Crippen LogP contribution in [0.25, 0.3) is 0 Å². The molecule has 5 rings (SSSR count). The van der Waals surface area contributed by atoms with E-state index in [1.54, 1.807) is 53.4 Å². The first kappa shape index (κ1) is 24.0. The monoisotopic (exact) mass is 490 g/mol. The van der Waals surface area contributed by atoms with Gasteiger partial charge in [0.05, 0.1) is 30.0 Å². The molecule has 2 saturated heterocycles. The summed E-state index contributed by atoms with van der Waals surface area (Å²) in [6.45, 7) is 4.78. The second-order valence-corrected chi connectivity index (χ2v) is 9.89. The number of anilines is 2. The van der Waals surface area contributed by atoms with Gasteiger partial charge in [-0.3, -0.25) is 19.2 Å². The van der Waals surface area contributed by atoms with Crippen molar-refractivity contribution in [2.24, 2.45) is 23.7 Å². The van der Waals surface area contributed by atoms with Crippen LogP contribution >= 0.6 is 0 Å². The summed E-state index contributed by atoms with van der Waals surface area (Å²) >= 11 is 0. The van der Waals surface area contributed by atoms with Crippen LogP contribution in [0.15, 0.2) is 48.5 Å². The Labute approximate surface area is 210 Å². The Hall–Kier alpha value is -3.68. The number of imide groups is 1. The fraction of sp³-hybridized carbons (Fsp3) is 0.429. The van der Waals surface area contributed by atoms with Gasteiger partial charge in [-0.05, 0) is 68.5 Å². The lowest BCUT2D eigenvalue weighted by atomic mass is 9.76. The molecule has 1 aliphatic carbocycles. The van der Waals surface area contributed by atoms with Gasteiger partial charge in [0.15, 0.2) is 0 Å². The molecule has 3 amide bonds. The van der Waals surface area contributed by atoms with Gasteiger partial charge in [0.2, 0.25) is 17.7 Å². The third-order valence-corrected chi connectivity index (χ3v) is 7.40. The number of carbonyl (C=O) groups is 4. The number of hydrogen-bond acceptors (Lipinski definition) is 6. The number of benzene rings is 2. The van der Waals surface area contributed by atoms with E-state index in [0.29, 0.717) is 29.6 Å². The molecule has 3 fully saturated rings. The predicted molar refractivity (Wildman–Crippen MR) is 133 cm³/mol. The number of ether oxygens (including phenoxy) is 2. The van der Waals surface area contributed by atoms with Crippen molar-refractivity contribution >= 4 is 35.1 Å². The number of fused-ring (bicyclic) bond motifs is 1. The fourth-order valence-corrected chi connectivity index (χ4v) is 5.53. The van der Waals surface area contributed by atoms with Gasteiger partial charge in [-0.25, -0.2) is 4.90 Å². The minimum absolute atomic E-state index is 0.0520. The average Bonchev–Trinajstić information content (AvgIpc) is 3.37. The number of nitrogens with zero attached hydrogens (tertiary/aromatic N) is 2. The highest BCUT2D eigenvalue weighted by atomic mass is 16.5. The molecule has 0 unspecified atom stereocenters. The standard InChI is InChI=1S/C28H30N2O6/c1-3-35-21-10-8-19(9-11-21)29-16-18(14-25(29)31)28(34)36-22-6-4-5-20(15-22)30-26(32)23-12-7-17(2)13-24(23)27(30)33/h4-6,8-11,15,17-18,23-24H,3,7,12-14,16H2,1-2H3/t17-,18-,23+,24-/m0/s1. The Morgan fingerprint density at radius 3 is 2.44 bits per heavy atom. The van der Waals surface area contributed by atoms with Gasteiger partial charge in [0, 0.05) is 24.7 Å². The van der Waals surface area contributed by atoms with Crippen LogP contribution in [0.3, 0.4) is 0 Å². The van der Waals surface area contributed by atoms with Crippen molar-refractivity contribution in [2.75, 3.05) is 23.0 Å². The van der Waals surface area contributed by atoms with Crippen LogP contribution in [-0.2, 0) is 19.2 Å². The lowest BCUT2D eigenvalue weighted by Gasteiger charge is -2.25. The first-order valence-electron chi connectivity index (χ1n) is 12.6. The van der Waals surface area contributed by atoms with E-state index in [9.17, 15) is 19.2 Å². The largest absolute Gasteiger partial charge is 0.494 e. The summed E-state index contributed by atoms with van der Waals surface area (Å²) in [5.74, 6) is -0.793. The smallest absolute Gasteiger partial charge is 0.316 e. The normalized spacial score (nSPS) is 25.8. The zero-order chi connectivity index (χ0) is 25.4. The van der Waals surface area contributed by atoms with E-state index >= 15 is 0 Å². The van der Waals surface area contributed by atoms with Crippen LogP contribution in [0.2, 0.25) is 0 Å². The van der Waals surface area contributed by atoms with Crippen molar-refractivity contribution in [3.05, 3.63) is 48.5 Å². The molecule has 2 aromatic carbocycles. The molecular formula is C28H30N2O6. The SMILES string of the molecule is CCOc1ccc(N2C[C@@H](C(=O)Oc3cccc(N4C(=O)[C@H]5C[C@@H](C)CC[C@H]5C4=O)c3)CC2=O)cc1.